The molecule has 3 rings (SSSR count). The van der Waals surface area contributed by atoms with Gasteiger partial charge in [-0.1, -0.05) is 0 Å². The predicted molar refractivity (Wildman–Crippen MR) is 97.6 cm³/mol. The van der Waals surface area contributed by atoms with Gasteiger partial charge in [0.15, 0.2) is 0 Å². The Morgan fingerprint density at radius 1 is 1.12 bits per heavy atom. The molecule has 0 saturated carbocycles. The molecule has 0 radical (unpaired) electrons. The third-order valence-corrected chi connectivity index (χ3v) is 4.15. The number of anilines is 1. The molecule has 8 nitrogen and oxygen atoms in total. The molecule has 26 heavy (non-hydrogen) atoms. The average Bonchev–Trinajstić information content (AvgIpc) is 3.13. The molecule has 0 aliphatic carbocycles. The third-order valence-electron chi connectivity index (χ3n) is 4.15. The second-order valence-corrected chi connectivity index (χ2v) is 6.06. The fourth-order valence-corrected chi connectivity index (χ4v) is 2.62. The first-order valence-electron chi connectivity index (χ1n) is 8.38. The Balaban J connectivity index is 1.55. The van der Waals surface area contributed by atoms with Crippen molar-refractivity contribution >= 4 is 11.7 Å². The van der Waals surface area contributed by atoms with Crippen LogP contribution in [0, 0.1) is 27.7 Å². The molecule has 1 amide bonds. The summed E-state index contributed by atoms with van der Waals surface area (Å²) in [6.45, 7) is 8.56. The van der Waals surface area contributed by atoms with Gasteiger partial charge >= 0.3 is 0 Å². The number of aryl methyl sites for hydroxylation is 3. The summed E-state index contributed by atoms with van der Waals surface area (Å²) in [4.78, 5) is 24.9. The first-order chi connectivity index (χ1) is 12.5. The molecule has 3 aromatic rings. The third kappa shape index (κ3) is 3.74. The van der Waals surface area contributed by atoms with E-state index in [4.69, 9.17) is 4.42 Å². The number of hydrogen-bond acceptors (Lipinski definition) is 6. The number of carbonyl (C=O) groups is 1. The van der Waals surface area contributed by atoms with Crippen LogP contribution in [-0.2, 0) is 0 Å². The minimum Gasteiger partial charge on any atom is -0.466 e. The van der Waals surface area contributed by atoms with Crippen molar-refractivity contribution in [3.63, 3.8) is 0 Å². The highest BCUT2D eigenvalue weighted by molar-refractivity contribution is 5.95. The monoisotopic (exact) mass is 354 g/mol. The van der Waals surface area contributed by atoms with E-state index in [0.717, 1.165) is 23.0 Å². The summed E-state index contributed by atoms with van der Waals surface area (Å²) in [5, 5.41) is 6.05. The Morgan fingerprint density at radius 2 is 1.92 bits per heavy atom. The lowest BCUT2D eigenvalue weighted by Gasteiger charge is -2.09. The van der Waals surface area contributed by atoms with Crippen molar-refractivity contribution in [3.8, 4) is 5.82 Å². The maximum Gasteiger partial charge on any atom is 0.254 e. The van der Waals surface area contributed by atoms with E-state index in [-0.39, 0.29) is 5.91 Å². The van der Waals surface area contributed by atoms with Gasteiger partial charge in [-0.15, -0.1) is 0 Å². The van der Waals surface area contributed by atoms with Gasteiger partial charge in [0.05, 0.1) is 11.3 Å². The summed E-state index contributed by atoms with van der Waals surface area (Å²) in [5.41, 5.74) is 2.57. The fourth-order valence-electron chi connectivity index (χ4n) is 2.62. The lowest BCUT2D eigenvalue weighted by Crippen LogP contribution is -2.29. The number of furan rings is 1. The minimum absolute atomic E-state index is 0.144. The molecule has 0 aliphatic heterocycles. The first kappa shape index (κ1) is 17.7. The zero-order valence-corrected chi connectivity index (χ0v) is 15.3. The zero-order chi connectivity index (χ0) is 18.7. The van der Waals surface area contributed by atoms with Gasteiger partial charge in [-0.25, -0.2) is 15.0 Å². The Kier molecular flexibility index (Phi) is 5.01. The van der Waals surface area contributed by atoms with Crippen molar-refractivity contribution in [2.24, 2.45) is 0 Å². The summed E-state index contributed by atoms with van der Waals surface area (Å²) in [7, 11) is 0. The van der Waals surface area contributed by atoms with Crippen molar-refractivity contribution in [3.05, 3.63) is 53.3 Å². The van der Waals surface area contributed by atoms with Gasteiger partial charge < -0.3 is 15.1 Å². The highest BCUT2D eigenvalue weighted by Gasteiger charge is 2.12. The minimum atomic E-state index is -0.144. The largest absolute Gasteiger partial charge is 0.466 e. The highest BCUT2D eigenvalue weighted by Crippen LogP contribution is 2.14. The van der Waals surface area contributed by atoms with E-state index in [1.54, 1.807) is 19.3 Å². The van der Waals surface area contributed by atoms with Gasteiger partial charge in [-0.05, 0) is 33.8 Å². The van der Waals surface area contributed by atoms with Crippen LogP contribution in [0.15, 0.2) is 29.2 Å². The molecule has 0 saturated heterocycles. The molecule has 2 N–H and O–H groups in total. The molecule has 0 atom stereocenters. The molecule has 3 heterocycles. The molecule has 3 aromatic heterocycles. The van der Waals surface area contributed by atoms with E-state index in [9.17, 15) is 4.79 Å². The second kappa shape index (κ2) is 7.38. The molecule has 136 valence electrons. The summed E-state index contributed by atoms with van der Waals surface area (Å²) in [5.74, 6) is 2.64. The number of imidazole rings is 1. The normalized spacial score (nSPS) is 10.8. The molecular weight excluding hydrogens is 332 g/mol. The van der Waals surface area contributed by atoms with Gasteiger partial charge in [0.1, 0.15) is 35.8 Å². The van der Waals surface area contributed by atoms with E-state index in [2.05, 4.69) is 25.6 Å². The van der Waals surface area contributed by atoms with E-state index < -0.39 is 0 Å². The van der Waals surface area contributed by atoms with Crippen LogP contribution in [0.2, 0.25) is 0 Å². The van der Waals surface area contributed by atoms with Crippen LogP contribution in [0.3, 0.4) is 0 Å². The van der Waals surface area contributed by atoms with Gasteiger partial charge in [0, 0.05) is 24.8 Å². The van der Waals surface area contributed by atoms with Gasteiger partial charge in [-0.3, -0.25) is 9.36 Å². The van der Waals surface area contributed by atoms with Crippen LogP contribution < -0.4 is 10.6 Å². The molecule has 0 aromatic carbocycles. The molecular formula is C18H22N6O2. The molecule has 0 bridgehead atoms. The number of carbonyl (C=O) groups excluding carboxylic acids is 1. The smallest absolute Gasteiger partial charge is 0.254 e. The van der Waals surface area contributed by atoms with Gasteiger partial charge in [0.25, 0.3) is 5.91 Å². The second-order valence-electron chi connectivity index (χ2n) is 6.06. The molecule has 0 unspecified atom stereocenters. The summed E-state index contributed by atoms with van der Waals surface area (Å²) in [6, 6.07) is 3.59. The van der Waals surface area contributed by atoms with Gasteiger partial charge in [-0.2, -0.15) is 0 Å². The number of nitrogens with zero attached hydrogens (tertiary/aromatic N) is 4. The van der Waals surface area contributed by atoms with Crippen LogP contribution in [0.1, 0.15) is 33.3 Å². The van der Waals surface area contributed by atoms with Crippen LogP contribution >= 0.6 is 0 Å². The zero-order valence-electron chi connectivity index (χ0n) is 15.3. The van der Waals surface area contributed by atoms with Crippen LogP contribution in [0.25, 0.3) is 5.82 Å². The first-order valence-corrected chi connectivity index (χ1v) is 8.38. The maximum atomic E-state index is 12.1. The number of aromatic nitrogens is 4. The highest BCUT2D eigenvalue weighted by atomic mass is 16.3. The SMILES string of the molecule is Cc1cc(C(=O)NCCNc2cc(-n3cnc(C)c3C)ncn2)c(C)o1. The lowest BCUT2D eigenvalue weighted by molar-refractivity contribution is 0.0953. The Bertz CT molecular complexity index is 928. The fraction of sp³-hybridized carbons (Fsp3) is 0.333. The summed E-state index contributed by atoms with van der Waals surface area (Å²) in [6.07, 6.45) is 3.24. The van der Waals surface area contributed by atoms with Crippen molar-refractivity contribution in [1.82, 2.24) is 24.8 Å². The van der Waals surface area contributed by atoms with E-state index in [0.29, 0.717) is 30.2 Å². The standard InChI is InChI=1S/C18H22N6O2/c1-11-7-15(14(4)26-11)18(25)20-6-5-19-16-8-17(22-9-21-16)24-10-23-12(2)13(24)3/h7-10H,5-6H2,1-4H3,(H,20,25)(H,19,21,22). The quantitative estimate of drug-likeness (QED) is 0.659. The summed E-state index contributed by atoms with van der Waals surface area (Å²) < 4.78 is 7.29. The van der Waals surface area contributed by atoms with Crippen molar-refractivity contribution in [2.45, 2.75) is 27.7 Å². The lowest BCUT2D eigenvalue weighted by atomic mass is 10.2. The number of nitrogens with one attached hydrogen (secondary N) is 2. The number of amides is 1. The van der Waals surface area contributed by atoms with Crippen molar-refractivity contribution < 1.29 is 9.21 Å². The molecule has 0 fully saturated rings. The van der Waals surface area contributed by atoms with Crippen molar-refractivity contribution in [2.75, 3.05) is 18.4 Å². The molecule has 8 heteroatoms. The van der Waals surface area contributed by atoms with Crippen LogP contribution in [0.4, 0.5) is 5.82 Å². The van der Waals surface area contributed by atoms with Crippen molar-refractivity contribution in [1.29, 1.82) is 0 Å². The Morgan fingerprint density at radius 3 is 2.58 bits per heavy atom. The van der Waals surface area contributed by atoms with Crippen LogP contribution in [-0.4, -0.2) is 38.5 Å². The topological polar surface area (TPSA) is 97.9 Å². The average molecular weight is 354 g/mol. The van der Waals surface area contributed by atoms with E-state index in [1.807, 2.05) is 31.4 Å². The van der Waals surface area contributed by atoms with E-state index >= 15 is 0 Å². The van der Waals surface area contributed by atoms with Gasteiger partial charge in [0.2, 0.25) is 0 Å². The predicted octanol–water partition coefficient (Wildman–Crippen LogP) is 2.33. The molecule has 0 aliphatic rings. The van der Waals surface area contributed by atoms with E-state index in [1.165, 1.54) is 6.33 Å². The summed E-state index contributed by atoms with van der Waals surface area (Å²) >= 11 is 0. The van der Waals surface area contributed by atoms with Crippen LogP contribution in [0.5, 0.6) is 0 Å². The number of hydrogen-bond donors (Lipinski definition) is 2. The Labute approximate surface area is 151 Å². The maximum absolute atomic E-state index is 12.1. The molecule has 0 spiro atoms. The number of rotatable bonds is 6. The Hall–Kier alpha value is -3.16.